The Labute approximate surface area is 207 Å². The van der Waals surface area contributed by atoms with E-state index in [0.29, 0.717) is 34.4 Å². The Balaban J connectivity index is 1.63. The van der Waals surface area contributed by atoms with Crippen molar-refractivity contribution in [3.63, 3.8) is 0 Å². The van der Waals surface area contributed by atoms with Gasteiger partial charge in [0.05, 0.1) is 23.3 Å². The molecule has 0 unspecified atom stereocenters. The number of unbranched alkanes of at least 4 members (excludes halogenated alkanes) is 1. The second kappa shape index (κ2) is 9.48. The highest BCUT2D eigenvalue weighted by molar-refractivity contribution is 5.88. The molecule has 0 saturated heterocycles. The molecule has 5 aromatic rings. The van der Waals surface area contributed by atoms with Crippen LogP contribution < -0.4 is 0 Å². The van der Waals surface area contributed by atoms with Crippen LogP contribution in [0.25, 0.3) is 28.1 Å². The normalized spacial score (nSPS) is 11.9. The van der Waals surface area contributed by atoms with Gasteiger partial charge >= 0.3 is 12.1 Å². The van der Waals surface area contributed by atoms with Crippen LogP contribution in [0.3, 0.4) is 0 Å². The standard InChI is InChI=1S/C24H21F3N8O2/c1-2-3-11-18-29-21(24(25,26)27)20(23(36)37)34(18)12-14-7-6-10-17-19(14)28-13-35(17)16-9-5-4-8-15(16)22-30-32-33-31-22/h4-10,13H,2-3,11-12H2,1H3,(H,36,37)(H,30,31,32,33). The van der Waals surface area contributed by atoms with Crippen molar-refractivity contribution in [1.82, 2.24) is 39.7 Å². The smallest absolute Gasteiger partial charge is 0.435 e. The molecule has 13 heteroatoms. The summed E-state index contributed by atoms with van der Waals surface area (Å²) in [5, 5.41) is 23.9. The van der Waals surface area contributed by atoms with Crippen LogP contribution >= 0.6 is 0 Å². The van der Waals surface area contributed by atoms with Crippen molar-refractivity contribution in [2.45, 2.75) is 38.9 Å². The molecule has 0 radical (unpaired) electrons. The molecule has 0 amide bonds. The largest absolute Gasteiger partial charge is 0.477 e. The Morgan fingerprint density at radius 2 is 1.95 bits per heavy atom. The first-order valence-electron chi connectivity index (χ1n) is 11.5. The van der Waals surface area contributed by atoms with Gasteiger partial charge in [-0.3, -0.25) is 4.57 Å². The van der Waals surface area contributed by atoms with Crippen molar-refractivity contribution in [2.75, 3.05) is 0 Å². The van der Waals surface area contributed by atoms with Gasteiger partial charge in [-0.15, -0.1) is 10.2 Å². The van der Waals surface area contributed by atoms with E-state index in [1.165, 1.54) is 0 Å². The highest BCUT2D eigenvalue weighted by atomic mass is 19.4. The number of aromatic carboxylic acids is 1. The van der Waals surface area contributed by atoms with Gasteiger partial charge in [-0.05, 0) is 35.4 Å². The van der Waals surface area contributed by atoms with Gasteiger partial charge in [0.2, 0.25) is 5.82 Å². The first kappa shape index (κ1) is 24.2. The fourth-order valence-electron chi connectivity index (χ4n) is 4.35. The predicted octanol–water partition coefficient (Wildman–Crippen LogP) is 4.51. The molecule has 2 aromatic carbocycles. The fourth-order valence-corrected chi connectivity index (χ4v) is 4.35. The number of fused-ring (bicyclic) bond motifs is 1. The zero-order chi connectivity index (χ0) is 26.2. The summed E-state index contributed by atoms with van der Waals surface area (Å²) in [6.45, 7) is 1.76. The van der Waals surface area contributed by atoms with Crippen molar-refractivity contribution in [3.05, 3.63) is 71.6 Å². The van der Waals surface area contributed by atoms with E-state index >= 15 is 0 Å². The van der Waals surface area contributed by atoms with Crippen molar-refractivity contribution >= 4 is 17.0 Å². The number of rotatable bonds is 8. The van der Waals surface area contributed by atoms with Gasteiger partial charge in [-0.25, -0.2) is 14.8 Å². The lowest BCUT2D eigenvalue weighted by Crippen LogP contribution is -2.17. The third-order valence-corrected chi connectivity index (χ3v) is 6.01. The van der Waals surface area contributed by atoms with E-state index in [0.717, 1.165) is 16.7 Å². The lowest BCUT2D eigenvalue weighted by atomic mass is 10.1. The molecule has 37 heavy (non-hydrogen) atoms. The van der Waals surface area contributed by atoms with Crippen LogP contribution in [-0.4, -0.2) is 50.8 Å². The monoisotopic (exact) mass is 510 g/mol. The van der Waals surface area contributed by atoms with Gasteiger partial charge in [0.15, 0.2) is 11.4 Å². The van der Waals surface area contributed by atoms with E-state index in [2.05, 4.69) is 30.6 Å². The molecule has 3 heterocycles. The number of aromatic nitrogens is 8. The number of aromatic amines is 1. The maximum absolute atomic E-state index is 13.7. The zero-order valence-corrected chi connectivity index (χ0v) is 19.6. The zero-order valence-electron chi connectivity index (χ0n) is 19.6. The third-order valence-electron chi connectivity index (χ3n) is 6.01. The van der Waals surface area contributed by atoms with Gasteiger partial charge in [0.25, 0.3) is 0 Å². The maximum atomic E-state index is 13.7. The van der Waals surface area contributed by atoms with Crippen molar-refractivity contribution in [3.8, 4) is 17.1 Å². The number of nitrogens with zero attached hydrogens (tertiary/aromatic N) is 7. The molecule has 10 nitrogen and oxygen atoms in total. The van der Waals surface area contributed by atoms with E-state index in [9.17, 15) is 23.1 Å². The van der Waals surface area contributed by atoms with Crippen molar-refractivity contribution < 1.29 is 23.1 Å². The number of hydrogen-bond donors (Lipinski definition) is 2. The van der Waals surface area contributed by atoms with Gasteiger partial charge in [0, 0.05) is 12.0 Å². The Morgan fingerprint density at radius 1 is 1.14 bits per heavy atom. The SMILES string of the molecule is CCCCc1nc(C(F)(F)F)c(C(=O)O)n1Cc1cccc2c1ncn2-c1ccccc1-c1nn[nH]n1. The summed E-state index contributed by atoms with van der Waals surface area (Å²) < 4.78 is 44.0. The van der Waals surface area contributed by atoms with Gasteiger partial charge in [-0.1, -0.05) is 37.6 Å². The van der Waals surface area contributed by atoms with Crippen LogP contribution in [0.15, 0.2) is 48.8 Å². The minimum atomic E-state index is -4.90. The molecule has 0 aliphatic carbocycles. The van der Waals surface area contributed by atoms with Gasteiger partial charge in [0.1, 0.15) is 12.2 Å². The number of hydrogen-bond acceptors (Lipinski definition) is 6. The summed E-state index contributed by atoms with van der Waals surface area (Å²) >= 11 is 0. The molecule has 0 fully saturated rings. The van der Waals surface area contributed by atoms with Gasteiger partial charge < -0.3 is 9.67 Å². The minimum absolute atomic E-state index is 0.0745. The van der Waals surface area contributed by atoms with Crippen LogP contribution in [-0.2, 0) is 19.1 Å². The van der Waals surface area contributed by atoms with Crippen LogP contribution in [0.5, 0.6) is 0 Å². The number of para-hydroxylation sites is 2. The first-order chi connectivity index (χ1) is 17.8. The van der Waals surface area contributed by atoms with Crippen LogP contribution in [0.1, 0.15) is 47.3 Å². The molecule has 0 saturated carbocycles. The summed E-state index contributed by atoms with van der Waals surface area (Å²) in [5.74, 6) is -1.22. The summed E-state index contributed by atoms with van der Waals surface area (Å²) in [6.07, 6.45) is -1.80. The molecule has 0 spiro atoms. The van der Waals surface area contributed by atoms with E-state index in [1.54, 1.807) is 18.5 Å². The number of imidazole rings is 2. The van der Waals surface area contributed by atoms with Gasteiger partial charge in [-0.2, -0.15) is 18.4 Å². The number of aryl methyl sites for hydroxylation is 1. The number of tetrazole rings is 1. The average molecular weight is 510 g/mol. The van der Waals surface area contributed by atoms with Crippen LogP contribution in [0.4, 0.5) is 13.2 Å². The molecule has 190 valence electrons. The van der Waals surface area contributed by atoms with E-state index in [1.807, 2.05) is 41.8 Å². The predicted molar refractivity (Wildman–Crippen MR) is 126 cm³/mol. The highest BCUT2D eigenvalue weighted by Crippen LogP contribution is 2.34. The Kier molecular flexibility index (Phi) is 6.19. The second-order valence-corrected chi connectivity index (χ2v) is 8.37. The summed E-state index contributed by atoms with van der Waals surface area (Å²) in [4.78, 5) is 20.2. The Bertz CT molecular complexity index is 1570. The number of H-pyrrole nitrogens is 1. The summed E-state index contributed by atoms with van der Waals surface area (Å²) in [6, 6.07) is 12.7. The molecule has 0 atom stereocenters. The van der Waals surface area contributed by atoms with E-state index < -0.39 is 23.5 Å². The molecular formula is C24H21F3N8O2. The summed E-state index contributed by atoms with van der Waals surface area (Å²) in [5.41, 5.74) is 0.901. The molecule has 0 aliphatic heterocycles. The Hall–Kier alpha value is -4.55. The van der Waals surface area contributed by atoms with Crippen molar-refractivity contribution in [1.29, 1.82) is 0 Å². The quantitative estimate of drug-likeness (QED) is 0.314. The number of carboxylic acid groups (broad SMARTS) is 1. The number of carbonyl (C=O) groups is 1. The Morgan fingerprint density at radius 3 is 2.65 bits per heavy atom. The fraction of sp³-hybridized carbons (Fsp3) is 0.250. The number of halogens is 3. The number of benzene rings is 2. The number of carboxylic acids is 1. The molecule has 3 aromatic heterocycles. The van der Waals surface area contributed by atoms with E-state index in [4.69, 9.17) is 0 Å². The van der Waals surface area contributed by atoms with E-state index in [-0.39, 0.29) is 18.8 Å². The molecule has 2 N–H and O–H groups in total. The number of alkyl halides is 3. The molecular weight excluding hydrogens is 489 g/mol. The topological polar surface area (TPSA) is 127 Å². The first-order valence-corrected chi connectivity index (χ1v) is 11.5. The molecule has 0 bridgehead atoms. The lowest BCUT2D eigenvalue weighted by molar-refractivity contribution is -0.141. The molecule has 5 rings (SSSR count). The van der Waals surface area contributed by atoms with Crippen LogP contribution in [0.2, 0.25) is 0 Å². The number of nitrogens with one attached hydrogen (secondary N) is 1. The third kappa shape index (κ3) is 4.43. The summed E-state index contributed by atoms with van der Waals surface area (Å²) in [7, 11) is 0. The second-order valence-electron chi connectivity index (χ2n) is 8.37. The molecule has 0 aliphatic rings. The lowest BCUT2D eigenvalue weighted by Gasteiger charge is -2.12. The van der Waals surface area contributed by atoms with Crippen LogP contribution in [0, 0.1) is 0 Å². The van der Waals surface area contributed by atoms with Crippen molar-refractivity contribution in [2.24, 2.45) is 0 Å². The average Bonchev–Trinajstić information content (AvgIpc) is 3.61. The highest BCUT2D eigenvalue weighted by Gasteiger charge is 2.41. The maximum Gasteiger partial charge on any atom is 0.435 e. The minimum Gasteiger partial charge on any atom is -0.477 e.